The fourth-order valence-corrected chi connectivity index (χ4v) is 1.83. The quantitative estimate of drug-likeness (QED) is 0.877. The Labute approximate surface area is 114 Å². The number of halogens is 2. The van der Waals surface area contributed by atoms with Gasteiger partial charge in [0.05, 0.1) is 0 Å². The van der Waals surface area contributed by atoms with Crippen molar-refractivity contribution in [3.05, 3.63) is 53.9 Å². The predicted molar refractivity (Wildman–Crippen MR) is 72.4 cm³/mol. The number of anilines is 2. The molecular formula is C14H13F2N3O. The number of amides is 1. The van der Waals surface area contributed by atoms with Crippen LogP contribution in [0.4, 0.5) is 20.2 Å². The number of carbonyl (C=O) groups is 1. The number of nitrogen functional groups attached to an aromatic ring is 1. The summed E-state index contributed by atoms with van der Waals surface area (Å²) in [6.07, 6.45) is 3.07. The van der Waals surface area contributed by atoms with Gasteiger partial charge in [-0.1, -0.05) is 0 Å². The molecule has 1 amide bonds. The highest BCUT2D eigenvalue weighted by Gasteiger charge is 2.19. The molecule has 0 saturated heterocycles. The Bertz CT molecular complexity index is 609. The van der Waals surface area contributed by atoms with Crippen LogP contribution < -0.4 is 10.6 Å². The standard InChI is InChI=1S/C14H13F2N3O/c1-2-19(10-3-5-18-6-4-10)14(20)9-7-11(15)13(17)12(16)8-9/h3-8H,2,17H2,1H3. The van der Waals surface area contributed by atoms with Gasteiger partial charge in [0.2, 0.25) is 0 Å². The molecule has 0 aliphatic carbocycles. The van der Waals surface area contributed by atoms with Crippen LogP contribution in [-0.2, 0) is 0 Å². The maximum atomic E-state index is 13.4. The van der Waals surface area contributed by atoms with Gasteiger partial charge >= 0.3 is 0 Å². The molecule has 2 N–H and O–H groups in total. The van der Waals surface area contributed by atoms with E-state index < -0.39 is 23.2 Å². The molecule has 104 valence electrons. The maximum Gasteiger partial charge on any atom is 0.258 e. The second-order valence-corrected chi connectivity index (χ2v) is 4.11. The molecule has 2 rings (SSSR count). The molecule has 0 spiro atoms. The van der Waals surface area contributed by atoms with E-state index in [1.54, 1.807) is 19.1 Å². The van der Waals surface area contributed by atoms with Crippen molar-refractivity contribution in [2.75, 3.05) is 17.2 Å². The van der Waals surface area contributed by atoms with Gasteiger partial charge in [0.15, 0.2) is 0 Å². The molecule has 1 aromatic carbocycles. The zero-order valence-electron chi connectivity index (χ0n) is 10.8. The van der Waals surface area contributed by atoms with E-state index in [1.165, 1.54) is 17.3 Å². The number of aromatic nitrogens is 1. The van der Waals surface area contributed by atoms with Crippen LogP contribution in [0.2, 0.25) is 0 Å². The maximum absolute atomic E-state index is 13.4. The zero-order chi connectivity index (χ0) is 14.7. The van der Waals surface area contributed by atoms with Crippen LogP contribution in [0.3, 0.4) is 0 Å². The first-order chi connectivity index (χ1) is 9.54. The summed E-state index contributed by atoms with van der Waals surface area (Å²) in [6.45, 7) is 2.12. The number of pyridine rings is 1. The first kappa shape index (κ1) is 13.9. The normalized spacial score (nSPS) is 10.3. The van der Waals surface area contributed by atoms with Crippen molar-refractivity contribution in [2.45, 2.75) is 6.92 Å². The van der Waals surface area contributed by atoms with E-state index in [2.05, 4.69) is 4.98 Å². The van der Waals surface area contributed by atoms with Gasteiger partial charge in [-0.05, 0) is 31.2 Å². The lowest BCUT2D eigenvalue weighted by Gasteiger charge is -2.21. The smallest absolute Gasteiger partial charge is 0.258 e. The highest BCUT2D eigenvalue weighted by molar-refractivity contribution is 6.06. The van der Waals surface area contributed by atoms with Crippen molar-refractivity contribution < 1.29 is 13.6 Å². The van der Waals surface area contributed by atoms with E-state index >= 15 is 0 Å². The summed E-state index contributed by atoms with van der Waals surface area (Å²) in [5.41, 5.74) is 5.11. The van der Waals surface area contributed by atoms with Crippen LogP contribution in [0, 0.1) is 11.6 Å². The third kappa shape index (κ3) is 2.59. The molecule has 0 radical (unpaired) electrons. The molecule has 1 aromatic heterocycles. The van der Waals surface area contributed by atoms with E-state index in [4.69, 9.17) is 5.73 Å². The first-order valence-electron chi connectivity index (χ1n) is 6.01. The Morgan fingerprint density at radius 2 is 1.80 bits per heavy atom. The van der Waals surface area contributed by atoms with Crippen molar-refractivity contribution in [2.24, 2.45) is 0 Å². The molecule has 0 bridgehead atoms. The monoisotopic (exact) mass is 277 g/mol. The third-order valence-corrected chi connectivity index (χ3v) is 2.86. The molecule has 6 heteroatoms. The summed E-state index contributed by atoms with van der Waals surface area (Å²) in [5, 5.41) is 0. The molecule has 0 unspecified atom stereocenters. The minimum atomic E-state index is -0.945. The van der Waals surface area contributed by atoms with Crippen LogP contribution in [0.5, 0.6) is 0 Å². The molecule has 0 saturated carbocycles. The third-order valence-electron chi connectivity index (χ3n) is 2.86. The molecule has 2 aromatic rings. The topological polar surface area (TPSA) is 59.2 Å². The summed E-state index contributed by atoms with van der Waals surface area (Å²) >= 11 is 0. The van der Waals surface area contributed by atoms with Crippen LogP contribution >= 0.6 is 0 Å². The molecule has 0 aliphatic heterocycles. The SMILES string of the molecule is CCN(C(=O)c1cc(F)c(N)c(F)c1)c1ccncc1. The number of hydrogen-bond donors (Lipinski definition) is 1. The average molecular weight is 277 g/mol. The van der Waals surface area contributed by atoms with Crippen LogP contribution in [0.15, 0.2) is 36.7 Å². The van der Waals surface area contributed by atoms with Crippen molar-refractivity contribution in [3.8, 4) is 0 Å². The van der Waals surface area contributed by atoms with E-state index in [-0.39, 0.29) is 5.56 Å². The second-order valence-electron chi connectivity index (χ2n) is 4.11. The lowest BCUT2D eigenvalue weighted by Crippen LogP contribution is -2.30. The molecule has 0 atom stereocenters. The minimum absolute atomic E-state index is 0.0899. The zero-order valence-corrected chi connectivity index (χ0v) is 10.8. The fraction of sp³-hybridized carbons (Fsp3) is 0.143. The number of nitrogens with zero attached hydrogens (tertiary/aromatic N) is 2. The molecule has 0 fully saturated rings. The van der Waals surface area contributed by atoms with Gasteiger partial charge in [-0.3, -0.25) is 9.78 Å². The molecule has 1 heterocycles. The Morgan fingerprint density at radius 3 is 2.30 bits per heavy atom. The summed E-state index contributed by atoms with van der Waals surface area (Å²) in [7, 11) is 0. The van der Waals surface area contributed by atoms with Gasteiger partial charge in [0, 0.05) is 30.2 Å². The molecule has 4 nitrogen and oxygen atoms in total. The number of carbonyl (C=O) groups excluding carboxylic acids is 1. The largest absolute Gasteiger partial charge is 0.394 e. The van der Waals surface area contributed by atoms with Crippen LogP contribution in [0.25, 0.3) is 0 Å². The van der Waals surface area contributed by atoms with Gasteiger partial charge < -0.3 is 10.6 Å². The van der Waals surface area contributed by atoms with Gasteiger partial charge in [0.25, 0.3) is 5.91 Å². The molecule has 20 heavy (non-hydrogen) atoms. The second kappa shape index (κ2) is 5.64. The fourth-order valence-electron chi connectivity index (χ4n) is 1.83. The van der Waals surface area contributed by atoms with E-state index in [1.807, 2.05) is 0 Å². The van der Waals surface area contributed by atoms with Gasteiger partial charge in [-0.2, -0.15) is 0 Å². The van der Waals surface area contributed by atoms with E-state index in [0.717, 1.165) is 12.1 Å². The number of hydrogen-bond acceptors (Lipinski definition) is 3. The first-order valence-corrected chi connectivity index (χ1v) is 6.01. The van der Waals surface area contributed by atoms with Gasteiger partial charge in [0.1, 0.15) is 17.3 Å². The van der Waals surface area contributed by atoms with Crippen LogP contribution in [0.1, 0.15) is 17.3 Å². The Hall–Kier alpha value is -2.50. The highest BCUT2D eigenvalue weighted by atomic mass is 19.1. The van der Waals surface area contributed by atoms with Crippen molar-refractivity contribution in [3.63, 3.8) is 0 Å². The summed E-state index contributed by atoms with van der Waals surface area (Å²) in [5.74, 6) is -2.39. The van der Waals surface area contributed by atoms with Crippen molar-refractivity contribution in [1.29, 1.82) is 0 Å². The summed E-state index contributed by atoms with van der Waals surface area (Å²) in [6, 6.07) is 5.16. The van der Waals surface area contributed by atoms with Gasteiger partial charge in [-0.15, -0.1) is 0 Å². The Kier molecular flexibility index (Phi) is 3.93. The van der Waals surface area contributed by atoms with Crippen LogP contribution in [-0.4, -0.2) is 17.4 Å². The average Bonchev–Trinajstić information content (AvgIpc) is 2.46. The van der Waals surface area contributed by atoms with Crippen molar-refractivity contribution in [1.82, 2.24) is 4.98 Å². The lowest BCUT2D eigenvalue weighted by atomic mass is 10.1. The Morgan fingerprint density at radius 1 is 1.25 bits per heavy atom. The molecular weight excluding hydrogens is 264 g/mol. The number of benzene rings is 1. The van der Waals surface area contributed by atoms with E-state index in [9.17, 15) is 13.6 Å². The molecule has 0 aliphatic rings. The number of nitrogens with two attached hydrogens (primary N) is 1. The summed E-state index contributed by atoms with van der Waals surface area (Å²) < 4.78 is 26.8. The van der Waals surface area contributed by atoms with Gasteiger partial charge in [-0.25, -0.2) is 8.78 Å². The minimum Gasteiger partial charge on any atom is -0.394 e. The Balaban J connectivity index is 2.39. The summed E-state index contributed by atoms with van der Waals surface area (Å²) in [4.78, 5) is 17.6. The highest BCUT2D eigenvalue weighted by Crippen LogP contribution is 2.21. The lowest BCUT2D eigenvalue weighted by molar-refractivity contribution is 0.0987. The predicted octanol–water partition coefficient (Wildman–Crippen LogP) is 2.61. The van der Waals surface area contributed by atoms with E-state index in [0.29, 0.717) is 12.2 Å². The van der Waals surface area contributed by atoms with Crippen molar-refractivity contribution >= 4 is 17.3 Å². The number of rotatable bonds is 3.